The lowest BCUT2D eigenvalue weighted by Gasteiger charge is -2.07. The van der Waals surface area contributed by atoms with Crippen molar-refractivity contribution in [3.63, 3.8) is 0 Å². The molecule has 0 fully saturated rings. The Kier molecular flexibility index (Phi) is 4.38. The van der Waals surface area contributed by atoms with Crippen molar-refractivity contribution in [1.29, 1.82) is 0 Å². The van der Waals surface area contributed by atoms with Crippen molar-refractivity contribution in [2.45, 2.75) is 26.7 Å². The summed E-state index contributed by atoms with van der Waals surface area (Å²) in [6.07, 6.45) is 5.94. The lowest BCUT2D eigenvalue weighted by Crippen LogP contribution is -1.93. The minimum atomic E-state index is 0.799. The second-order valence-corrected chi connectivity index (χ2v) is 10.1. The van der Waals surface area contributed by atoms with Gasteiger partial charge in [-0.05, 0) is 63.1 Å². The summed E-state index contributed by atoms with van der Waals surface area (Å²) >= 11 is 0. The molecule has 38 heavy (non-hydrogen) atoms. The van der Waals surface area contributed by atoms with Gasteiger partial charge in [0.05, 0.1) is 33.5 Å². The summed E-state index contributed by atoms with van der Waals surface area (Å²) < 4.78 is 4.42. The van der Waals surface area contributed by atoms with Crippen molar-refractivity contribution >= 4 is 54.9 Å². The van der Waals surface area contributed by atoms with Gasteiger partial charge in [0.1, 0.15) is 11.3 Å². The third kappa shape index (κ3) is 3.07. The molecule has 0 radical (unpaired) electrons. The van der Waals surface area contributed by atoms with Crippen molar-refractivity contribution in [3.05, 3.63) is 108 Å². The first-order chi connectivity index (χ1) is 18.6. The molecule has 0 N–H and O–H groups in total. The van der Waals surface area contributed by atoms with Crippen LogP contribution in [0, 0.1) is 13.8 Å². The lowest BCUT2D eigenvalue weighted by molar-refractivity contribution is 0.901. The normalized spacial score (nSPS) is 12.2. The molecule has 0 aliphatic carbocycles. The van der Waals surface area contributed by atoms with E-state index in [1.54, 1.807) is 0 Å². The third-order valence-corrected chi connectivity index (χ3v) is 7.54. The maximum atomic E-state index is 5.08. The maximum absolute atomic E-state index is 5.08. The summed E-state index contributed by atoms with van der Waals surface area (Å²) in [5.41, 5.74) is 10.3. The van der Waals surface area contributed by atoms with Crippen molar-refractivity contribution in [3.8, 4) is 0 Å². The van der Waals surface area contributed by atoms with E-state index in [1.165, 1.54) is 0 Å². The van der Waals surface area contributed by atoms with Crippen LogP contribution in [-0.4, -0.2) is 28.7 Å². The largest absolute Gasteiger partial charge is 0.299 e. The van der Waals surface area contributed by atoms with E-state index < -0.39 is 0 Å². The fourth-order valence-electron chi connectivity index (χ4n) is 5.75. The van der Waals surface area contributed by atoms with Crippen molar-refractivity contribution in [2.24, 2.45) is 0 Å². The Hall–Kier alpha value is -4.84. The molecule has 182 valence electrons. The number of nitrogens with zero attached hydrogens (tertiary/aromatic N) is 6. The van der Waals surface area contributed by atoms with Gasteiger partial charge in [-0.2, -0.15) is 0 Å². The minimum absolute atomic E-state index is 0.799. The second kappa shape index (κ2) is 7.83. The zero-order valence-corrected chi connectivity index (χ0v) is 21.2. The van der Waals surface area contributed by atoms with Gasteiger partial charge in [0, 0.05) is 45.3 Å². The van der Waals surface area contributed by atoms with Gasteiger partial charge in [-0.3, -0.25) is 18.8 Å². The highest BCUT2D eigenvalue weighted by Crippen LogP contribution is 2.30. The molecule has 0 saturated carbocycles. The van der Waals surface area contributed by atoms with E-state index in [4.69, 9.17) is 19.9 Å². The minimum Gasteiger partial charge on any atom is -0.299 e. The van der Waals surface area contributed by atoms with E-state index in [1.807, 2.05) is 13.8 Å². The van der Waals surface area contributed by atoms with Crippen LogP contribution in [0.15, 0.2) is 85.2 Å². The molecule has 2 aromatic carbocycles. The highest BCUT2D eigenvalue weighted by molar-refractivity contribution is 6.10. The van der Waals surface area contributed by atoms with E-state index in [0.717, 1.165) is 90.5 Å². The van der Waals surface area contributed by atoms with Gasteiger partial charge in [-0.15, -0.1) is 0 Å². The zero-order chi connectivity index (χ0) is 25.4. The van der Waals surface area contributed by atoms with Crippen LogP contribution in [0.25, 0.3) is 54.9 Å². The molecule has 0 bridgehead atoms. The third-order valence-electron chi connectivity index (χ3n) is 7.54. The predicted octanol–water partition coefficient (Wildman–Crippen LogP) is 6.79. The number of fused-ring (bicyclic) bond motifs is 12. The van der Waals surface area contributed by atoms with Gasteiger partial charge in [0.2, 0.25) is 0 Å². The predicted molar refractivity (Wildman–Crippen MR) is 153 cm³/mol. The Morgan fingerprint density at radius 1 is 0.500 bits per heavy atom. The number of aryl methyl sites for hydroxylation is 4. The average molecular weight is 493 g/mol. The summed E-state index contributed by atoms with van der Waals surface area (Å²) in [5.74, 6) is 0. The first kappa shape index (κ1) is 21.3. The quantitative estimate of drug-likeness (QED) is 0.255. The molecule has 6 nitrogen and oxygen atoms in total. The van der Waals surface area contributed by atoms with E-state index in [2.05, 4.69) is 94.0 Å². The number of benzene rings is 2. The molecule has 0 atom stereocenters. The van der Waals surface area contributed by atoms with Crippen LogP contribution in [0.3, 0.4) is 0 Å². The van der Waals surface area contributed by atoms with Gasteiger partial charge in [-0.25, -0.2) is 9.97 Å². The Balaban J connectivity index is 1.25. The maximum Gasteiger partial charge on any atom is 0.147 e. The van der Waals surface area contributed by atoms with Crippen molar-refractivity contribution < 1.29 is 0 Å². The van der Waals surface area contributed by atoms with Crippen LogP contribution >= 0.6 is 0 Å². The second-order valence-electron chi connectivity index (χ2n) is 10.1. The number of para-hydroxylation sites is 2. The summed E-state index contributed by atoms with van der Waals surface area (Å²) in [6.45, 7) is 4.07. The van der Waals surface area contributed by atoms with E-state index in [-0.39, 0.29) is 0 Å². The van der Waals surface area contributed by atoms with Crippen LogP contribution in [0.1, 0.15) is 22.8 Å². The molecule has 8 rings (SSSR count). The summed E-state index contributed by atoms with van der Waals surface area (Å²) in [5, 5.41) is 4.44. The highest BCUT2D eigenvalue weighted by atomic mass is 15.0. The molecule has 0 spiro atoms. The first-order valence-electron chi connectivity index (χ1n) is 13.0. The monoisotopic (exact) mass is 492 g/mol. The molecule has 0 saturated heterocycles. The Labute approximate surface area is 218 Å². The molecule has 0 unspecified atom stereocenters. The number of imidazole rings is 2. The molecular weight excluding hydrogens is 468 g/mol. The van der Waals surface area contributed by atoms with Crippen LogP contribution in [0.4, 0.5) is 0 Å². The number of hydrogen-bond acceptors (Lipinski definition) is 4. The van der Waals surface area contributed by atoms with Gasteiger partial charge in [-0.1, -0.05) is 36.4 Å². The number of aromatic nitrogens is 6. The number of hydrogen-bond donors (Lipinski definition) is 0. The number of pyridine rings is 4. The molecule has 6 aromatic heterocycles. The average Bonchev–Trinajstić information content (AvgIpc) is 3.57. The Morgan fingerprint density at radius 3 is 1.42 bits per heavy atom. The molecule has 0 aliphatic rings. The van der Waals surface area contributed by atoms with Crippen LogP contribution < -0.4 is 0 Å². The van der Waals surface area contributed by atoms with Crippen LogP contribution in [0.2, 0.25) is 0 Å². The van der Waals surface area contributed by atoms with Crippen molar-refractivity contribution in [1.82, 2.24) is 28.7 Å². The zero-order valence-electron chi connectivity index (χ0n) is 21.2. The highest BCUT2D eigenvalue weighted by Gasteiger charge is 2.15. The molecule has 8 aromatic rings. The fraction of sp³-hybridized carbons (Fsp3) is 0.125. The standard InChI is InChI=1S/C32H24N6/c1-19-11-15-25-29(33-19)23-7-3-5-9-27(23)37-17-21(35-31(25)37)13-14-22-18-38-28-10-6-4-8-24(28)30-26(32(38)36-22)16-12-20(2)34-30/h3-12,15-18H,13-14H2,1-2H3. The van der Waals surface area contributed by atoms with Gasteiger partial charge < -0.3 is 0 Å². The van der Waals surface area contributed by atoms with Gasteiger partial charge in [0.25, 0.3) is 0 Å². The smallest absolute Gasteiger partial charge is 0.147 e. The summed E-state index contributed by atoms with van der Waals surface area (Å²) in [6, 6.07) is 25.3. The number of rotatable bonds is 3. The topological polar surface area (TPSA) is 60.4 Å². The Bertz CT molecular complexity index is 2060. The molecule has 0 aliphatic heterocycles. The molecule has 6 heteroatoms. The summed E-state index contributed by atoms with van der Waals surface area (Å²) in [7, 11) is 0. The lowest BCUT2D eigenvalue weighted by atomic mass is 10.1. The molecule has 6 heterocycles. The van der Waals surface area contributed by atoms with Gasteiger partial charge in [0.15, 0.2) is 0 Å². The van der Waals surface area contributed by atoms with Gasteiger partial charge >= 0.3 is 0 Å². The van der Waals surface area contributed by atoms with E-state index in [0.29, 0.717) is 0 Å². The molecular formula is C32H24N6. The Morgan fingerprint density at radius 2 is 0.947 bits per heavy atom. The summed E-state index contributed by atoms with van der Waals surface area (Å²) in [4.78, 5) is 19.9. The SMILES string of the molecule is Cc1ccc2c(n1)c1ccccc1n1cc(CCc3cn4c5ccccc5c5nc(C)ccc5c4n3)nc21. The molecule has 0 amide bonds. The van der Waals surface area contributed by atoms with Crippen LogP contribution in [-0.2, 0) is 12.8 Å². The fourth-order valence-corrected chi connectivity index (χ4v) is 5.75. The van der Waals surface area contributed by atoms with Crippen LogP contribution in [0.5, 0.6) is 0 Å². The van der Waals surface area contributed by atoms with E-state index >= 15 is 0 Å². The first-order valence-corrected chi connectivity index (χ1v) is 13.0. The van der Waals surface area contributed by atoms with Crippen molar-refractivity contribution in [2.75, 3.05) is 0 Å². The van der Waals surface area contributed by atoms with E-state index in [9.17, 15) is 0 Å².